The first kappa shape index (κ1) is 26.8. The van der Waals surface area contributed by atoms with Crippen molar-refractivity contribution in [2.24, 2.45) is 5.41 Å². The molecular weight excluding hydrogens is 370 g/mol. The van der Waals surface area contributed by atoms with E-state index in [-0.39, 0.29) is 40.5 Å². The molecule has 1 aliphatic carbocycles. The number of rotatable bonds is 3. The number of benzene rings is 1. The van der Waals surface area contributed by atoms with Crippen LogP contribution in [-0.2, 0) is 0 Å². The maximum absolute atomic E-state index is 4.04. The van der Waals surface area contributed by atoms with Crippen LogP contribution >= 0.6 is 0 Å². The van der Waals surface area contributed by atoms with Crippen LogP contribution in [0.4, 0.5) is 5.69 Å². The second-order valence-electron chi connectivity index (χ2n) is 9.37. The molecule has 0 N–H and O–H groups in total. The summed E-state index contributed by atoms with van der Waals surface area (Å²) in [5.74, 6) is 1.08. The molecule has 1 nitrogen and oxygen atoms in total. The molecular formula is C23H35BeCl2N. The van der Waals surface area contributed by atoms with Gasteiger partial charge in [0.1, 0.15) is 0 Å². The fourth-order valence-electron chi connectivity index (χ4n) is 4.98. The van der Waals surface area contributed by atoms with Gasteiger partial charge in [-0.1, -0.05) is 65.2 Å². The van der Waals surface area contributed by atoms with Crippen LogP contribution in [-0.4, -0.2) is 15.7 Å². The first-order valence-corrected chi connectivity index (χ1v) is 9.97. The van der Waals surface area contributed by atoms with Gasteiger partial charge in [-0.2, -0.15) is 0 Å². The van der Waals surface area contributed by atoms with E-state index in [9.17, 15) is 0 Å². The van der Waals surface area contributed by atoms with Crippen molar-refractivity contribution in [3.8, 4) is 0 Å². The summed E-state index contributed by atoms with van der Waals surface area (Å²) in [4.78, 5) is 2.56. The summed E-state index contributed by atoms with van der Waals surface area (Å²) < 4.78 is 0. The number of halogens is 2. The van der Waals surface area contributed by atoms with E-state index in [1.165, 1.54) is 55.3 Å². The first-order valence-electron chi connectivity index (χ1n) is 9.97. The second kappa shape index (κ2) is 10.00. The summed E-state index contributed by atoms with van der Waals surface area (Å²) in [6.07, 6.45) is 8.06. The topological polar surface area (TPSA) is 3.24 Å². The Labute approximate surface area is 184 Å². The van der Waals surface area contributed by atoms with E-state index in [2.05, 4.69) is 71.2 Å². The van der Waals surface area contributed by atoms with Crippen molar-refractivity contribution >= 4 is 15.8 Å². The summed E-state index contributed by atoms with van der Waals surface area (Å²) in [7, 11) is 0. The largest absolute Gasteiger partial charge is 2.00 e. The van der Waals surface area contributed by atoms with Crippen LogP contribution in [0.3, 0.4) is 0 Å². The molecule has 1 aromatic carbocycles. The molecule has 0 atom stereocenters. The molecule has 2 fully saturated rings. The number of anilines is 1. The standard InChI is InChI=1S/C23H35N.Be.2ClH/c1-17(2)19-11-10-12-20(18(3)4)21(19)24-16-23(15-22(24,5)6)13-8-7-9-14-23;;;/h10-12,17-18H,7-9,13-15H2,1-6H3;;2*1H/q;+2;;/p-2. The summed E-state index contributed by atoms with van der Waals surface area (Å²) in [6.45, 7) is 18.2. The van der Waals surface area contributed by atoms with Crippen molar-refractivity contribution in [2.75, 3.05) is 4.90 Å². The molecule has 0 unspecified atom stereocenters. The average Bonchev–Trinajstić information content (AvgIpc) is 2.77. The van der Waals surface area contributed by atoms with Gasteiger partial charge < -0.3 is 29.7 Å². The summed E-state index contributed by atoms with van der Waals surface area (Å²) in [5.41, 5.74) is 4.89. The Kier molecular flexibility index (Phi) is 9.91. The molecule has 3 rings (SSSR count). The van der Waals surface area contributed by atoms with Gasteiger partial charge in [-0.3, -0.25) is 0 Å². The number of nitrogens with zero attached hydrogens (tertiary/aromatic N) is 1. The Bertz CT molecular complexity index is 566. The first-order chi connectivity index (χ1) is 11.3. The second-order valence-corrected chi connectivity index (χ2v) is 9.37. The SMILES string of the molecule is CC(C)c1cccc(C(C)C)c1N1[C]C2(CCCCC2)CC1(C)C.[Be+2].[Cl-].[Cl-]. The normalized spacial score (nSPS) is 20.2. The molecule has 2 radical (unpaired) electrons. The maximum atomic E-state index is 4.04. The van der Waals surface area contributed by atoms with Gasteiger partial charge in [-0.25, -0.2) is 0 Å². The molecule has 2 aliphatic rings. The predicted octanol–water partition coefficient (Wildman–Crippen LogP) is 0.539. The van der Waals surface area contributed by atoms with Crippen LogP contribution in [0.1, 0.15) is 103 Å². The van der Waals surface area contributed by atoms with Crippen molar-refractivity contribution in [2.45, 2.75) is 97.4 Å². The summed E-state index contributed by atoms with van der Waals surface area (Å²) in [6, 6.07) is 6.90. The maximum Gasteiger partial charge on any atom is 2.00 e. The predicted molar refractivity (Wildman–Crippen MR) is 110 cm³/mol. The Morgan fingerprint density at radius 3 is 1.81 bits per heavy atom. The molecule has 1 aromatic rings. The Morgan fingerprint density at radius 1 is 0.889 bits per heavy atom. The van der Waals surface area contributed by atoms with E-state index in [4.69, 9.17) is 0 Å². The van der Waals surface area contributed by atoms with Crippen molar-refractivity contribution in [3.63, 3.8) is 0 Å². The minimum Gasteiger partial charge on any atom is -1.00 e. The fourth-order valence-corrected chi connectivity index (χ4v) is 4.98. The van der Waals surface area contributed by atoms with E-state index in [1.54, 1.807) is 0 Å². The van der Waals surface area contributed by atoms with E-state index in [0.29, 0.717) is 17.3 Å². The Hall–Kier alpha value is -0.231. The fraction of sp³-hybridized carbons (Fsp3) is 0.696. The van der Waals surface area contributed by atoms with Crippen LogP contribution in [0.25, 0.3) is 0 Å². The van der Waals surface area contributed by atoms with Gasteiger partial charge in [-0.15, -0.1) is 0 Å². The van der Waals surface area contributed by atoms with Gasteiger partial charge in [0.25, 0.3) is 0 Å². The van der Waals surface area contributed by atoms with E-state index in [0.717, 1.165) is 0 Å². The minimum atomic E-state index is 0. The molecule has 1 heterocycles. The van der Waals surface area contributed by atoms with Crippen LogP contribution < -0.4 is 29.7 Å². The Morgan fingerprint density at radius 2 is 1.37 bits per heavy atom. The van der Waals surface area contributed by atoms with Gasteiger partial charge in [-0.05, 0) is 56.1 Å². The zero-order valence-electron chi connectivity index (χ0n) is 18.0. The van der Waals surface area contributed by atoms with E-state index >= 15 is 0 Å². The minimum absolute atomic E-state index is 0. The molecule has 1 saturated heterocycles. The van der Waals surface area contributed by atoms with Gasteiger partial charge in [0, 0.05) is 16.6 Å². The summed E-state index contributed by atoms with van der Waals surface area (Å²) >= 11 is 0. The monoisotopic (exact) mass is 404 g/mol. The van der Waals surface area contributed by atoms with Crippen molar-refractivity contribution in [1.82, 2.24) is 0 Å². The zero-order valence-corrected chi connectivity index (χ0v) is 19.6. The van der Waals surface area contributed by atoms with Gasteiger partial charge in [0.15, 0.2) is 0 Å². The van der Waals surface area contributed by atoms with Crippen molar-refractivity contribution < 1.29 is 24.8 Å². The molecule has 27 heavy (non-hydrogen) atoms. The summed E-state index contributed by atoms with van der Waals surface area (Å²) in [5, 5.41) is 0. The van der Waals surface area contributed by atoms with E-state index in [1.807, 2.05) is 0 Å². The number of hydrogen-bond acceptors (Lipinski definition) is 1. The van der Waals surface area contributed by atoms with Crippen LogP contribution in [0.2, 0.25) is 0 Å². The molecule has 0 aromatic heterocycles. The molecule has 1 spiro atoms. The van der Waals surface area contributed by atoms with Gasteiger partial charge >= 0.3 is 10.1 Å². The number of hydrogen-bond donors (Lipinski definition) is 0. The molecule has 1 saturated carbocycles. The third-order valence-electron chi connectivity index (χ3n) is 6.10. The third-order valence-corrected chi connectivity index (χ3v) is 6.10. The van der Waals surface area contributed by atoms with Crippen LogP contribution in [0, 0.1) is 12.0 Å². The third kappa shape index (κ3) is 5.23. The number of para-hydroxylation sites is 1. The van der Waals surface area contributed by atoms with E-state index < -0.39 is 0 Å². The van der Waals surface area contributed by atoms with Gasteiger partial charge in [0.05, 0.1) is 6.54 Å². The average molecular weight is 405 g/mol. The molecule has 1 aliphatic heterocycles. The van der Waals surface area contributed by atoms with Crippen LogP contribution in [0.5, 0.6) is 0 Å². The smallest absolute Gasteiger partial charge is 1.00 e. The molecule has 4 heteroatoms. The Balaban J connectivity index is 0.00000225. The van der Waals surface area contributed by atoms with Crippen LogP contribution in [0.15, 0.2) is 18.2 Å². The van der Waals surface area contributed by atoms with Crippen molar-refractivity contribution in [1.29, 1.82) is 0 Å². The zero-order chi connectivity index (χ0) is 17.5. The molecule has 0 amide bonds. The molecule has 0 bridgehead atoms. The van der Waals surface area contributed by atoms with Gasteiger partial charge in [0.2, 0.25) is 0 Å². The quantitative estimate of drug-likeness (QED) is 0.664. The molecule has 148 valence electrons. The van der Waals surface area contributed by atoms with Crippen molar-refractivity contribution in [3.05, 3.63) is 35.9 Å².